The smallest absolute Gasteiger partial charge is 0.255 e. The molecule has 5 amide bonds. The van der Waals surface area contributed by atoms with Crippen molar-refractivity contribution >= 4 is 35.5 Å². The summed E-state index contributed by atoms with van der Waals surface area (Å²) in [5, 5.41) is 14.1. The van der Waals surface area contributed by atoms with Crippen molar-refractivity contribution < 1.29 is 28.7 Å². The van der Waals surface area contributed by atoms with E-state index in [9.17, 15) is 24.0 Å². The number of aliphatic imine (C=N–C) groups is 1. The number of rotatable bonds is 11. The maximum absolute atomic E-state index is 13.8. The van der Waals surface area contributed by atoms with Gasteiger partial charge in [0.15, 0.2) is 5.96 Å². The summed E-state index contributed by atoms with van der Waals surface area (Å²) in [5.41, 5.74) is 12.0. The van der Waals surface area contributed by atoms with Crippen LogP contribution in [-0.4, -0.2) is 104 Å². The molecule has 54 heavy (non-hydrogen) atoms. The van der Waals surface area contributed by atoms with Gasteiger partial charge >= 0.3 is 0 Å². The molecule has 0 aromatic heterocycles. The Hall–Kier alpha value is -5.18. The highest BCUT2D eigenvalue weighted by Gasteiger charge is 2.31. The second-order valence-electron chi connectivity index (χ2n) is 14.2. The number of para-hydroxylation sites is 1. The van der Waals surface area contributed by atoms with E-state index in [4.69, 9.17) is 16.2 Å². The summed E-state index contributed by atoms with van der Waals surface area (Å²) in [6.45, 7) is 7.41. The quantitative estimate of drug-likeness (QED) is 0.0987. The van der Waals surface area contributed by atoms with Gasteiger partial charge in [0.25, 0.3) is 5.91 Å². The summed E-state index contributed by atoms with van der Waals surface area (Å²) in [6.07, 6.45) is 3.50. The fraction of sp³-hybridized carbons (Fsp3) is 0.538. The Morgan fingerprint density at radius 2 is 1.65 bits per heavy atom. The van der Waals surface area contributed by atoms with Crippen LogP contribution in [-0.2, 0) is 25.6 Å². The van der Waals surface area contributed by atoms with Gasteiger partial charge in [0.1, 0.15) is 23.9 Å². The number of benzene rings is 2. The molecule has 9 N–H and O–H groups in total. The van der Waals surface area contributed by atoms with E-state index in [-0.39, 0.29) is 44.1 Å². The highest BCUT2D eigenvalue weighted by Crippen LogP contribution is 2.22. The Labute approximate surface area is 317 Å². The normalized spacial score (nSPS) is 21.2. The number of likely N-dealkylation sites (tertiary alicyclic amines) is 1. The molecule has 0 radical (unpaired) electrons. The van der Waals surface area contributed by atoms with Crippen molar-refractivity contribution in [3.05, 3.63) is 65.7 Å². The van der Waals surface area contributed by atoms with Crippen LogP contribution in [0, 0.1) is 5.92 Å². The summed E-state index contributed by atoms with van der Waals surface area (Å²) in [5.74, 6) is -2.09. The van der Waals surface area contributed by atoms with Crippen molar-refractivity contribution in [1.82, 2.24) is 31.5 Å². The fourth-order valence-corrected chi connectivity index (χ4v) is 6.64. The molecule has 2 aliphatic rings. The number of hydrogen-bond acceptors (Lipinski definition) is 8. The van der Waals surface area contributed by atoms with Crippen molar-refractivity contribution in [2.24, 2.45) is 22.4 Å². The largest absolute Gasteiger partial charge is 0.493 e. The molecular formula is C39H57N9O6. The highest BCUT2D eigenvalue weighted by atomic mass is 16.5. The van der Waals surface area contributed by atoms with E-state index in [0.29, 0.717) is 37.1 Å². The zero-order valence-corrected chi connectivity index (χ0v) is 31.5. The number of amides is 5. The molecule has 1 fully saturated rings. The van der Waals surface area contributed by atoms with Gasteiger partial charge < -0.3 is 47.7 Å². The number of carbonyl (C=O) groups excluding carboxylic acids is 5. The van der Waals surface area contributed by atoms with E-state index in [0.717, 1.165) is 37.9 Å². The first-order valence-corrected chi connectivity index (χ1v) is 19.0. The monoisotopic (exact) mass is 747 g/mol. The van der Waals surface area contributed by atoms with Gasteiger partial charge in [0.05, 0.1) is 18.6 Å². The highest BCUT2D eigenvalue weighted by molar-refractivity contribution is 6.01. The summed E-state index contributed by atoms with van der Waals surface area (Å²) >= 11 is 0. The van der Waals surface area contributed by atoms with Crippen molar-refractivity contribution in [2.45, 2.75) is 89.4 Å². The standard InChI is InChI=1S/C39H57N9O6/c1-26(2)48-21-16-27(17-22-48)15-20-43-37(52)32-25-34(49)45-30(13-8-18-44-39(40)41)38(53)47-31(24-28-10-4-3-5-11-28)36(51)42-19-9-23-54-33-14-7-6-12-29(33)35(50)46-32/h3-7,10-12,14,26-27,30-32H,8-9,13,15-25H2,1-2H3,(H,42,51)(H,43,52)(H,45,49)(H,46,50)(H,47,53)(H4,40,41,44)/t30-,31-,32-/m0/s1. The first kappa shape index (κ1) is 41.6. The maximum Gasteiger partial charge on any atom is 0.255 e. The molecule has 0 saturated carbocycles. The van der Waals surface area contributed by atoms with Crippen molar-refractivity contribution in [2.75, 3.05) is 39.3 Å². The van der Waals surface area contributed by atoms with Gasteiger partial charge in [-0.15, -0.1) is 0 Å². The number of ether oxygens (including phenoxy) is 1. The summed E-state index contributed by atoms with van der Waals surface area (Å²) in [4.78, 5) is 74.7. The molecule has 0 bridgehead atoms. The van der Waals surface area contributed by atoms with Gasteiger partial charge in [-0.2, -0.15) is 0 Å². The van der Waals surface area contributed by atoms with Gasteiger partial charge in [-0.25, -0.2) is 0 Å². The lowest BCUT2D eigenvalue weighted by Gasteiger charge is -2.34. The summed E-state index contributed by atoms with van der Waals surface area (Å²) < 4.78 is 5.93. The number of piperidine rings is 1. The number of nitrogens with one attached hydrogen (secondary N) is 5. The van der Waals surface area contributed by atoms with E-state index >= 15 is 0 Å². The lowest BCUT2D eigenvalue weighted by atomic mass is 9.93. The minimum atomic E-state index is -1.26. The number of fused-ring (bicyclic) bond motifs is 1. The van der Waals surface area contributed by atoms with Crippen LogP contribution in [0.5, 0.6) is 5.75 Å². The second kappa shape index (κ2) is 21.5. The molecule has 1 saturated heterocycles. The molecule has 15 heteroatoms. The predicted octanol–water partition coefficient (Wildman–Crippen LogP) is 0.966. The Balaban J connectivity index is 1.55. The molecule has 3 atom stereocenters. The van der Waals surface area contributed by atoms with Gasteiger partial charge in [-0.05, 0) is 89.1 Å². The van der Waals surface area contributed by atoms with Crippen LogP contribution in [0.1, 0.15) is 74.7 Å². The van der Waals surface area contributed by atoms with Gasteiger partial charge in [-0.1, -0.05) is 42.5 Å². The van der Waals surface area contributed by atoms with E-state index in [1.54, 1.807) is 24.3 Å². The number of nitrogens with zero attached hydrogens (tertiary/aromatic N) is 2. The SMILES string of the molecule is CC(C)N1CCC(CCNC(=O)[C@@H]2CC(=O)N[C@@H](CCCN=C(N)N)C(=O)N[C@@H](Cc3ccccc3)C(=O)NCCCOc3ccccc3C(=O)N2)CC1. The molecule has 0 spiro atoms. The molecule has 2 aliphatic heterocycles. The minimum absolute atomic E-state index is 0.106. The molecular weight excluding hydrogens is 690 g/mol. The number of guanidine groups is 1. The van der Waals surface area contributed by atoms with Crippen molar-refractivity contribution in [1.29, 1.82) is 0 Å². The Kier molecular flexibility index (Phi) is 16.6. The molecule has 2 heterocycles. The van der Waals surface area contributed by atoms with Crippen LogP contribution >= 0.6 is 0 Å². The van der Waals surface area contributed by atoms with Gasteiger partial charge in [0.2, 0.25) is 23.6 Å². The zero-order chi connectivity index (χ0) is 38.9. The third kappa shape index (κ3) is 13.7. The molecule has 4 rings (SSSR count). The second-order valence-corrected chi connectivity index (χ2v) is 14.2. The van der Waals surface area contributed by atoms with Crippen LogP contribution < -0.4 is 42.8 Å². The summed E-state index contributed by atoms with van der Waals surface area (Å²) in [6, 6.07) is 13.1. The Bertz CT molecular complexity index is 1580. The van der Waals surface area contributed by atoms with Crippen LogP contribution in [0.25, 0.3) is 0 Å². The van der Waals surface area contributed by atoms with Crippen LogP contribution in [0.2, 0.25) is 0 Å². The fourth-order valence-electron chi connectivity index (χ4n) is 6.64. The molecule has 2 aromatic carbocycles. The molecule has 15 nitrogen and oxygen atoms in total. The number of nitrogens with two attached hydrogens (primary N) is 2. The third-order valence-corrected chi connectivity index (χ3v) is 9.76. The predicted molar refractivity (Wildman–Crippen MR) is 206 cm³/mol. The lowest BCUT2D eigenvalue weighted by molar-refractivity contribution is -0.133. The Morgan fingerprint density at radius 1 is 0.926 bits per heavy atom. The third-order valence-electron chi connectivity index (χ3n) is 9.76. The lowest BCUT2D eigenvalue weighted by Crippen LogP contribution is -2.55. The van der Waals surface area contributed by atoms with Crippen molar-refractivity contribution in [3.63, 3.8) is 0 Å². The Morgan fingerprint density at radius 3 is 2.37 bits per heavy atom. The van der Waals surface area contributed by atoms with Crippen LogP contribution in [0.15, 0.2) is 59.6 Å². The average molecular weight is 748 g/mol. The number of carbonyl (C=O) groups is 5. The maximum atomic E-state index is 13.8. The molecule has 0 aliphatic carbocycles. The van der Waals surface area contributed by atoms with E-state index < -0.39 is 54.1 Å². The van der Waals surface area contributed by atoms with Crippen LogP contribution in [0.3, 0.4) is 0 Å². The minimum Gasteiger partial charge on any atom is -0.493 e. The zero-order valence-electron chi connectivity index (χ0n) is 31.5. The van der Waals surface area contributed by atoms with Gasteiger partial charge in [-0.3, -0.25) is 29.0 Å². The van der Waals surface area contributed by atoms with E-state index in [1.165, 1.54) is 0 Å². The first-order chi connectivity index (χ1) is 26.0. The van der Waals surface area contributed by atoms with E-state index in [2.05, 4.69) is 50.3 Å². The van der Waals surface area contributed by atoms with E-state index in [1.807, 2.05) is 30.3 Å². The molecule has 0 unspecified atom stereocenters. The van der Waals surface area contributed by atoms with Crippen LogP contribution in [0.4, 0.5) is 0 Å². The number of hydrogen-bond donors (Lipinski definition) is 7. The molecule has 294 valence electrons. The average Bonchev–Trinajstić information content (AvgIpc) is 3.15. The van der Waals surface area contributed by atoms with Crippen molar-refractivity contribution in [3.8, 4) is 5.75 Å². The topological polar surface area (TPSA) is 222 Å². The molecule has 2 aromatic rings. The summed E-state index contributed by atoms with van der Waals surface area (Å²) in [7, 11) is 0. The first-order valence-electron chi connectivity index (χ1n) is 19.0. The van der Waals surface area contributed by atoms with Gasteiger partial charge in [0, 0.05) is 32.1 Å².